The molecule has 4 N–H and O–H groups in total. The average Bonchev–Trinajstić information content (AvgIpc) is 2.21. The quantitative estimate of drug-likeness (QED) is 0.599. The van der Waals surface area contributed by atoms with Gasteiger partial charge >= 0.3 is 0 Å². The Labute approximate surface area is 96.3 Å². The number of nitrogens with two attached hydrogens (primary N) is 2. The van der Waals surface area contributed by atoms with Crippen LogP contribution in [-0.2, 0) is 4.74 Å². The van der Waals surface area contributed by atoms with Crippen molar-refractivity contribution in [2.45, 2.75) is 19.9 Å². The highest BCUT2D eigenvalue weighted by atomic mass is 16.5. The van der Waals surface area contributed by atoms with Crippen LogP contribution in [0.3, 0.4) is 0 Å². The normalized spacial score (nSPS) is 13.9. The molecule has 0 aromatic heterocycles. The predicted molar refractivity (Wildman–Crippen MR) is 66.9 cm³/mol. The number of aliphatic imine (C=N–C) groups is 1. The summed E-state index contributed by atoms with van der Waals surface area (Å²) in [5, 5.41) is 0. The zero-order valence-electron chi connectivity index (χ0n) is 10.0. The first kappa shape index (κ1) is 12.7. The van der Waals surface area contributed by atoms with Crippen LogP contribution in [0.25, 0.3) is 0 Å². The highest BCUT2D eigenvalue weighted by Gasteiger charge is 2.06. The van der Waals surface area contributed by atoms with Crippen LogP contribution in [-0.4, -0.2) is 19.6 Å². The molecule has 0 bridgehead atoms. The summed E-state index contributed by atoms with van der Waals surface area (Å²) < 4.78 is 4.91. The molecule has 1 unspecified atom stereocenters. The van der Waals surface area contributed by atoms with Crippen molar-refractivity contribution in [2.24, 2.45) is 16.5 Å². The summed E-state index contributed by atoms with van der Waals surface area (Å²) in [7, 11) is 1.59. The van der Waals surface area contributed by atoms with Gasteiger partial charge in [-0.15, -0.1) is 0 Å². The molecule has 88 valence electrons. The maximum atomic E-state index is 5.87. The first-order valence-electron chi connectivity index (χ1n) is 5.23. The number of hydrogen-bond donors (Lipinski definition) is 2. The van der Waals surface area contributed by atoms with Gasteiger partial charge in [0.15, 0.2) is 0 Å². The van der Waals surface area contributed by atoms with Crippen LogP contribution in [0.4, 0.5) is 5.69 Å². The topological polar surface area (TPSA) is 73.6 Å². The monoisotopic (exact) mass is 221 g/mol. The van der Waals surface area contributed by atoms with E-state index in [0.717, 1.165) is 16.8 Å². The molecule has 16 heavy (non-hydrogen) atoms. The molecule has 4 nitrogen and oxygen atoms in total. The minimum Gasteiger partial charge on any atom is -0.385 e. The minimum absolute atomic E-state index is 0.00111. The molecular formula is C12H19N3O. The van der Waals surface area contributed by atoms with Crippen LogP contribution in [0.15, 0.2) is 23.2 Å². The molecule has 0 radical (unpaired) electrons. The van der Waals surface area contributed by atoms with Crippen molar-refractivity contribution in [1.82, 2.24) is 0 Å². The van der Waals surface area contributed by atoms with E-state index in [2.05, 4.69) is 4.99 Å². The molecule has 0 aliphatic heterocycles. The zero-order chi connectivity index (χ0) is 12.1. The van der Waals surface area contributed by atoms with Gasteiger partial charge in [0.2, 0.25) is 0 Å². The van der Waals surface area contributed by atoms with Gasteiger partial charge in [0.05, 0.1) is 5.69 Å². The summed E-state index contributed by atoms with van der Waals surface area (Å²) in [5.74, 6) is 0.465. The molecule has 4 heteroatoms. The molecular weight excluding hydrogens is 202 g/mol. The summed E-state index contributed by atoms with van der Waals surface area (Å²) >= 11 is 0. The van der Waals surface area contributed by atoms with Gasteiger partial charge in [-0.25, -0.2) is 4.99 Å². The lowest BCUT2D eigenvalue weighted by Crippen LogP contribution is -2.17. The van der Waals surface area contributed by atoms with Gasteiger partial charge in [-0.3, -0.25) is 0 Å². The molecule has 1 atom stereocenters. The Morgan fingerprint density at radius 2 is 2.19 bits per heavy atom. The van der Waals surface area contributed by atoms with Gasteiger partial charge in [0, 0.05) is 13.2 Å². The molecule has 1 aromatic carbocycles. The highest BCUT2D eigenvalue weighted by molar-refractivity contribution is 5.84. The molecule has 0 saturated carbocycles. The van der Waals surface area contributed by atoms with Crippen molar-refractivity contribution in [2.75, 3.05) is 13.7 Å². The number of rotatable bonds is 4. The van der Waals surface area contributed by atoms with Gasteiger partial charge in [0.1, 0.15) is 12.4 Å². The molecule has 1 aromatic rings. The summed E-state index contributed by atoms with van der Waals surface area (Å²) in [4.78, 5) is 4.31. The Hall–Kier alpha value is -1.39. The van der Waals surface area contributed by atoms with E-state index in [1.54, 1.807) is 7.11 Å². The second kappa shape index (κ2) is 5.63. The first-order valence-corrected chi connectivity index (χ1v) is 5.23. The van der Waals surface area contributed by atoms with Gasteiger partial charge in [-0.2, -0.15) is 0 Å². The SMILES string of the molecule is COCC(N)=Nc1cccc(C(C)N)c1C. The van der Waals surface area contributed by atoms with Crippen LogP contribution in [0.2, 0.25) is 0 Å². The smallest absolute Gasteiger partial charge is 0.126 e. The van der Waals surface area contributed by atoms with Crippen LogP contribution in [0, 0.1) is 6.92 Å². The van der Waals surface area contributed by atoms with Crippen molar-refractivity contribution in [3.8, 4) is 0 Å². The van der Waals surface area contributed by atoms with Crippen LogP contribution in [0.5, 0.6) is 0 Å². The Morgan fingerprint density at radius 1 is 1.50 bits per heavy atom. The van der Waals surface area contributed by atoms with Crippen molar-refractivity contribution < 1.29 is 4.74 Å². The number of ether oxygens (including phenoxy) is 1. The molecule has 0 heterocycles. The molecule has 0 spiro atoms. The third kappa shape index (κ3) is 3.05. The lowest BCUT2D eigenvalue weighted by atomic mass is 10.0. The Morgan fingerprint density at radius 3 is 2.75 bits per heavy atom. The van der Waals surface area contributed by atoms with Crippen LogP contribution in [0.1, 0.15) is 24.1 Å². The summed E-state index contributed by atoms with van der Waals surface area (Å²) in [6, 6.07) is 5.86. The molecule has 0 aliphatic rings. The maximum absolute atomic E-state index is 5.87. The molecule has 0 aliphatic carbocycles. The van der Waals surface area contributed by atoms with Gasteiger partial charge in [0.25, 0.3) is 0 Å². The van der Waals surface area contributed by atoms with E-state index in [0.29, 0.717) is 12.4 Å². The fourth-order valence-corrected chi connectivity index (χ4v) is 1.59. The summed E-state index contributed by atoms with van der Waals surface area (Å²) in [6.07, 6.45) is 0. The van der Waals surface area contributed by atoms with E-state index >= 15 is 0 Å². The second-order valence-electron chi connectivity index (χ2n) is 3.82. The highest BCUT2D eigenvalue weighted by Crippen LogP contribution is 2.25. The number of methoxy groups -OCH3 is 1. The predicted octanol–water partition coefficient (Wildman–Crippen LogP) is 1.65. The molecule has 0 amide bonds. The number of nitrogens with zero attached hydrogens (tertiary/aromatic N) is 1. The van der Waals surface area contributed by atoms with Gasteiger partial charge in [-0.1, -0.05) is 12.1 Å². The fourth-order valence-electron chi connectivity index (χ4n) is 1.59. The third-order valence-corrected chi connectivity index (χ3v) is 2.39. The van der Waals surface area contributed by atoms with E-state index in [1.807, 2.05) is 32.0 Å². The minimum atomic E-state index is -0.00111. The zero-order valence-corrected chi connectivity index (χ0v) is 10.0. The van der Waals surface area contributed by atoms with Gasteiger partial charge < -0.3 is 16.2 Å². The van der Waals surface area contributed by atoms with Crippen LogP contribution < -0.4 is 11.5 Å². The second-order valence-corrected chi connectivity index (χ2v) is 3.82. The standard InChI is InChI=1S/C12H19N3O/c1-8-10(9(2)13)5-4-6-11(8)15-12(14)7-16-3/h4-6,9H,7,13H2,1-3H3,(H2,14,15). The number of amidine groups is 1. The van der Waals surface area contributed by atoms with Crippen molar-refractivity contribution in [3.63, 3.8) is 0 Å². The summed E-state index contributed by atoms with van der Waals surface area (Å²) in [6.45, 7) is 4.29. The van der Waals surface area contributed by atoms with Crippen LogP contribution >= 0.6 is 0 Å². The molecule has 1 rings (SSSR count). The Bertz CT molecular complexity index is 386. The third-order valence-electron chi connectivity index (χ3n) is 2.39. The lowest BCUT2D eigenvalue weighted by Gasteiger charge is -2.11. The van der Waals surface area contributed by atoms with E-state index < -0.39 is 0 Å². The summed E-state index contributed by atoms with van der Waals surface area (Å²) in [5.41, 5.74) is 14.6. The number of benzene rings is 1. The molecule has 0 fully saturated rings. The largest absolute Gasteiger partial charge is 0.385 e. The van der Waals surface area contributed by atoms with E-state index in [9.17, 15) is 0 Å². The van der Waals surface area contributed by atoms with Crippen molar-refractivity contribution in [1.29, 1.82) is 0 Å². The first-order chi connectivity index (χ1) is 7.56. The Kier molecular flexibility index (Phi) is 4.46. The van der Waals surface area contributed by atoms with Crippen molar-refractivity contribution in [3.05, 3.63) is 29.3 Å². The number of hydrogen-bond acceptors (Lipinski definition) is 3. The maximum Gasteiger partial charge on any atom is 0.126 e. The van der Waals surface area contributed by atoms with Gasteiger partial charge in [-0.05, 0) is 31.0 Å². The molecule has 0 saturated heterocycles. The van der Waals surface area contributed by atoms with E-state index in [1.165, 1.54) is 0 Å². The van der Waals surface area contributed by atoms with E-state index in [-0.39, 0.29) is 6.04 Å². The fraction of sp³-hybridized carbons (Fsp3) is 0.417. The average molecular weight is 221 g/mol. The Balaban J connectivity index is 3.06. The van der Waals surface area contributed by atoms with E-state index in [4.69, 9.17) is 16.2 Å². The van der Waals surface area contributed by atoms with Crippen molar-refractivity contribution >= 4 is 11.5 Å². The lowest BCUT2D eigenvalue weighted by molar-refractivity contribution is 0.244.